The first-order valence-electron chi connectivity index (χ1n) is 2.50. The molecule has 4 nitrogen and oxygen atoms in total. The molecule has 0 aromatic carbocycles. The molecule has 0 saturated heterocycles. The van der Waals surface area contributed by atoms with Crippen LogP contribution in [0.3, 0.4) is 0 Å². The van der Waals surface area contributed by atoms with Gasteiger partial charge in [-0.1, -0.05) is 0 Å². The topological polar surface area (TPSA) is 80.6 Å². The first kappa shape index (κ1) is 13.0. The Morgan fingerprint density at radius 2 is 1.80 bits per heavy atom. The fraction of sp³-hybridized carbons (Fsp3) is 0.800. The Hall–Kier alpha value is 0.390. The number of rotatable bonds is 3. The molecule has 0 fully saturated rings. The van der Waals surface area contributed by atoms with Crippen LogP contribution in [0.25, 0.3) is 0 Å². The molecule has 0 rings (SSSR count). The molecule has 0 atom stereocenters. The van der Waals surface area contributed by atoms with Crippen LogP contribution in [0.5, 0.6) is 0 Å². The van der Waals surface area contributed by atoms with Crippen LogP contribution in [0.4, 0.5) is 0 Å². The van der Waals surface area contributed by atoms with E-state index in [1.165, 1.54) is 6.92 Å². The Morgan fingerprint density at radius 3 is 1.80 bits per heavy atom. The minimum atomic E-state index is -1.50. The van der Waals surface area contributed by atoms with E-state index in [-0.39, 0.29) is 29.6 Å². The molecule has 0 amide bonds. The molecule has 0 aliphatic rings. The molecule has 0 saturated carbocycles. The molecule has 10 heavy (non-hydrogen) atoms. The molecule has 0 radical (unpaired) electrons. The Labute approximate surface area is 81.2 Å². The summed E-state index contributed by atoms with van der Waals surface area (Å²) in [5, 5.41) is 26.8. The molecule has 0 spiro atoms. The van der Waals surface area contributed by atoms with Gasteiger partial charge in [0.2, 0.25) is 0 Å². The van der Waals surface area contributed by atoms with Crippen molar-refractivity contribution in [3.05, 3.63) is 0 Å². The van der Waals surface area contributed by atoms with Gasteiger partial charge in [0.1, 0.15) is 0 Å². The molecule has 0 aromatic heterocycles. The summed E-state index contributed by atoms with van der Waals surface area (Å²) in [7, 11) is 0. The summed E-state index contributed by atoms with van der Waals surface area (Å²) in [6.07, 6.45) is 0. The molecule has 0 aromatic rings. The number of aliphatic hydroxyl groups is 2. The second-order valence-corrected chi connectivity index (χ2v) is 2.16. The summed E-state index contributed by atoms with van der Waals surface area (Å²) in [6.45, 7) is -0.000000000000000666. The number of hydrogen-bond acceptors (Lipinski definition) is 4. The molecule has 5 heteroatoms. The molecule has 0 unspecified atom stereocenters. The Morgan fingerprint density at radius 1 is 1.50 bits per heavy atom. The quantitative estimate of drug-likeness (QED) is 0.400. The zero-order chi connectivity index (χ0) is 7.49. The van der Waals surface area contributed by atoms with E-state index < -0.39 is 24.6 Å². The van der Waals surface area contributed by atoms with Gasteiger partial charge in [0.15, 0.2) is 0 Å². The number of carboxylic acids is 1. The summed E-state index contributed by atoms with van der Waals surface area (Å²) in [5.74, 6) is -1.44. The van der Waals surface area contributed by atoms with Crippen LogP contribution in [0.2, 0.25) is 0 Å². The molecule has 0 aliphatic heterocycles. The van der Waals surface area contributed by atoms with Gasteiger partial charge in [-0.3, -0.25) is 0 Å². The van der Waals surface area contributed by atoms with E-state index in [2.05, 4.69) is 0 Å². The van der Waals surface area contributed by atoms with Crippen molar-refractivity contribution in [2.75, 3.05) is 13.2 Å². The molecule has 0 aliphatic carbocycles. The number of aliphatic hydroxyl groups excluding tert-OH is 2. The van der Waals surface area contributed by atoms with E-state index in [0.717, 1.165) is 0 Å². The summed E-state index contributed by atoms with van der Waals surface area (Å²) in [6, 6.07) is 0. The van der Waals surface area contributed by atoms with Gasteiger partial charge in [-0.05, 0) is 6.92 Å². The van der Waals surface area contributed by atoms with Gasteiger partial charge in [-0.15, -0.1) is 0 Å². The number of carbonyl (C=O) groups is 1. The first-order valence-corrected chi connectivity index (χ1v) is 2.50. The fourth-order valence-corrected chi connectivity index (χ4v) is 0.179. The third kappa shape index (κ3) is 2.98. The standard InChI is InChI=1S/C5H10O4.Na/c1-5(2-6,3-7)4(8)9;/h6-7H,2-3H2,1H3,(H,8,9);/q;+1/p-1. The second kappa shape index (κ2) is 5.09. The molecular weight excluding hydrogens is 147 g/mol. The average molecular weight is 156 g/mol. The van der Waals surface area contributed by atoms with Crippen LogP contribution in [0, 0.1) is 5.41 Å². The van der Waals surface area contributed by atoms with Crippen LogP contribution in [0.15, 0.2) is 0 Å². The average Bonchev–Trinajstić information content (AvgIpc) is 1.86. The summed E-state index contributed by atoms with van der Waals surface area (Å²) in [4.78, 5) is 10.1. The van der Waals surface area contributed by atoms with Crippen molar-refractivity contribution in [1.82, 2.24) is 0 Å². The third-order valence-electron chi connectivity index (χ3n) is 1.19. The summed E-state index contributed by atoms with van der Waals surface area (Å²) >= 11 is 0. The predicted molar refractivity (Wildman–Crippen MR) is 27.3 cm³/mol. The Bertz CT molecular complexity index is 110. The number of carbonyl (C=O) groups excluding carboxylic acids is 1. The van der Waals surface area contributed by atoms with Gasteiger partial charge in [0.25, 0.3) is 0 Å². The normalized spacial score (nSPS) is 10.3. The largest absolute Gasteiger partial charge is 1.00 e. The van der Waals surface area contributed by atoms with Gasteiger partial charge >= 0.3 is 29.6 Å². The van der Waals surface area contributed by atoms with Gasteiger partial charge < -0.3 is 20.1 Å². The SMILES string of the molecule is CC(CO)(CO)C(=O)[O-].[Na+]. The maximum absolute atomic E-state index is 10.1. The Balaban J connectivity index is 0. The Kier molecular flexibility index (Phi) is 6.63. The zero-order valence-corrected chi connectivity index (χ0v) is 8.13. The van der Waals surface area contributed by atoms with Gasteiger partial charge in [0.05, 0.1) is 24.6 Å². The van der Waals surface area contributed by atoms with Crippen molar-refractivity contribution in [3.8, 4) is 0 Å². The van der Waals surface area contributed by atoms with Crippen molar-refractivity contribution < 1.29 is 49.7 Å². The maximum Gasteiger partial charge on any atom is 1.00 e. The van der Waals surface area contributed by atoms with Crippen LogP contribution < -0.4 is 34.7 Å². The van der Waals surface area contributed by atoms with Crippen molar-refractivity contribution in [1.29, 1.82) is 0 Å². The number of aliphatic carboxylic acids is 1. The number of carboxylic acid groups (broad SMARTS) is 1. The van der Waals surface area contributed by atoms with E-state index >= 15 is 0 Å². The van der Waals surface area contributed by atoms with Crippen molar-refractivity contribution in [3.63, 3.8) is 0 Å². The van der Waals surface area contributed by atoms with Crippen LogP contribution >= 0.6 is 0 Å². The third-order valence-corrected chi connectivity index (χ3v) is 1.19. The second-order valence-electron chi connectivity index (χ2n) is 2.16. The van der Waals surface area contributed by atoms with Crippen molar-refractivity contribution in [2.24, 2.45) is 5.41 Å². The molecule has 54 valence electrons. The van der Waals surface area contributed by atoms with Crippen LogP contribution in [-0.4, -0.2) is 29.4 Å². The van der Waals surface area contributed by atoms with E-state index in [1.807, 2.05) is 0 Å². The van der Waals surface area contributed by atoms with Crippen molar-refractivity contribution in [2.45, 2.75) is 6.92 Å². The van der Waals surface area contributed by atoms with E-state index in [1.54, 1.807) is 0 Å². The monoisotopic (exact) mass is 156 g/mol. The van der Waals surface area contributed by atoms with Gasteiger partial charge in [-0.2, -0.15) is 0 Å². The minimum absolute atomic E-state index is 0. The smallest absolute Gasteiger partial charge is 0.549 e. The number of hydrogen-bond donors (Lipinski definition) is 2. The maximum atomic E-state index is 10.1. The van der Waals surface area contributed by atoms with E-state index in [4.69, 9.17) is 10.2 Å². The van der Waals surface area contributed by atoms with E-state index in [0.29, 0.717) is 0 Å². The summed E-state index contributed by atoms with van der Waals surface area (Å²) in [5.41, 5.74) is -1.50. The van der Waals surface area contributed by atoms with Gasteiger partial charge in [-0.25, -0.2) is 0 Å². The zero-order valence-electron chi connectivity index (χ0n) is 6.13. The van der Waals surface area contributed by atoms with Crippen molar-refractivity contribution >= 4 is 5.97 Å². The molecule has 0 heterocycles. The van der Waals surface area contributed by atoms with Crippen LogP contribution in [-0.2, 0) is 4.79 Å². The summed E-state index contributed by atoms with van der Waals surface area (Å²) < 4.78 is 0. The minimum Gasteiger partial charge on any atom is -0.549 e. The molecule has 0 bridgehead atoms. The molecule has 2 N–H and O–H groups in total. The van der Waals surface area contributed by atoms with Gasteiger partial charge in [0, 0.05) is 0 Å². The van der Waals surface area contributed by atoms with E-state index in [9.17, 15) is 9.90 Å². The molecular formula is C5H9NaO4. The predicted octanol–water partition coefficient (Wildman–Crippen LogP) is -5.27. The van der Waals surface area contributed by atoms with Crippen LogP contribution in [0.1, 0.15) is 6.92 Å². The first-order chi connectivity index (χ1) is 4.06. The fourth-order valence-electron chi connectivity index (χ4n) is 0.179.